The van der Waals surface area contributed by atoms with Gasteiger partial charge in [0.2, 0.25) is 0 Å². The number of nitrogens with one attached hydrogen (secondary N) is 1. The fourth-order valence-corrected chi connectivity index (χ4v) is 0.544. The largest absolute Gasteiger partial charge is 0.480 e. The lowest BCUT2D eigenvalue weighted by Crippen LogP contribution is -2.48. The fraction of sp³-hybridized carbons (Fsp3) is 0.600. The standard InChI is InChI=1S/C5H5F3N4O3/c6-5(7,8)4(15)11-2(3(13)14)1-10-12-9/h2H,1H2,(H,11,15)(H,13,14)/t2-/m1/s1. The third-order valence-electron chi connectivity index (χ3n) is 1.19. The fourth-order valence-electron chi connectivity index (χ4n) is 0.544. The molecule has 15 heavy (non-hydrogen) atoms. The summed E-state index contributed by atoms with van der Waals surface area (Å²) in [5.74, 6) is -4.12. The van der Waals surface area contributed by atoms with E-state index in [2.05, 4.69) is 10.0 Å². The van der Waals surface area contributed by atoms with Crippen LogP contribution in [0.3, 0.4) is 0 Å². The number of halogens is 3. The lowest BCUT2D eigenvalue weighted by molar-refractivity contribution is -0.175. The van der Waals surface area contributed by atoms with Crippen molar-refractivity contribution in [3.8, 4) is 0 Å². The van der Waals surface area contributed by atoms with E-state index in [1.807, 2.05) is 0 Å². The monoisotopic (exact) mass is 226 g/mol. The molecule has 0 rings (SSSR count). The zero-order chi connectivity index (χ0) is 12.1. The molecule has 0 radical (unpaired) electrons. The molecule has 2 N–H and O–H groups in total. The molecule has 7 nitrogen and oxygen atoms in total. The van der Waals surface area contributed by atoms with E-state index < -0.39 is 30.6 Å². The number of carbonyl (C=O) groups excluding carboxylic acids is 1. The van der Waals surface area contributed by atoms with E-state index in [4.69, 9.17) is 10.6 Å². The van der Waals surface area contributed by atoms with Crippen LogP contribution >= 0.6 is 0 Å². The first-order chi connectivity index (χ1) is 6.79. The highest BCUT2D eigenvalue weighted by Crippen LogP contribution is 2.14. The Kier molecular flexibility index (Phi) is 4.39. The number of hydrogen-bond acceptors (Lipinski definition) is 3. The van der Waals surface area contributed by atoms with Crippen LogP contribution in [0.1, 0.15) is 0 Å². The molecule has 0 aromatic heterocycles. The van der Waals surface area contributed by atoms with Crippen LogP contribution in [0.2, 0.25) is 0 Å². The lowest BCUT2D eigenvalue weighted by atomic mass is 10.3. The van der Waals surface area contributed by atoms with Gasteiger partial charge in [-0.15, -0.1) is 0 Å². The maximum Gasteiger partial charge on any atom is 0.471 e. The van der Waals surface area contributed by atoms with Crippen LogP contribution in [0, 0.1) is 0 Å². The molecule has 0 saturated carbocycles. The average Bonchev–Trinajstić information content (AvgIpc) is 2.09. The van der Waals surface area contributed by atoms with Crippen molar-refractivity contribution in [3.63, 3.8) is 0 Å². The molecule has 1 atom stereocenters. The van der Waals surface area contributed by atoms with Gasteiger partial charge < -0.3 is 10.4 Å². The number of alkyl halides is 3. The van der Waals surface area contributed by atoms with Crippen molar-refractivity contribution in [3.05, 3.63) is 10.4 Å². The quantitative estimate of drug-likeness (QED) is 0.411. The Morgan fingerprint density at radius 3 is 2.40 bits per heavy atom. The number of rotatable bonds is 4. The normalized spacial score (nSPS) is 12.5. The molecule has 1 amide bonds. The zero-order valence-corrected chi connectivity index (χ0v) is 7.02. The molecule has 0 aliphatic rings. The summed E-state index contributed by atoms with van der Waals surface area (Å²) in [6, 6.07) is -1.89. The summed E-state index contributed by atoms with van der Waals surface area (Å²) in [7, 11) is 0. The highest BCUT2D eigenvalue weighted by Gasteiger charge is 2.40. The second kappa shape index (κ2) is 5.05. The SMILES string of the molecule is [N-]=[N+]=NC[C@@H](NC(=O)C(F)(F)F)C(=O)O. The summed E-state index contributed by atoms with van der Waals surface area (Å²) in [4.78, 5) is 22.8. The van der Waals surface area contributed by atoms with Gasteiger partial charge in [-0.1, -0.05) is 5.11 Å². The van der Waals surface area contributed by atoms with E-state index in [0.29, 0.717) is 0 Å². The second-order valence-electron chi connectivity index (χ2n) is 2.28. The Labute approximate surface area is 80.5 Å². The summed E-state index contributed by atoms with van der Waals surface area (Å²) in [6.45, 7) is -0.798. The van der Waals surface area contributed by atoms with E-state index in [1.54, 1.807) is 0 Å². The molecule has 0 aliphatic heterocycles. The molecular formula is C5H5F3N4O3. The minimum absolute atomic E-state index is 0.798. The Balaban J connectivity index is 4.49. The van der Waals surface area contributed by atoms with Gasteiger partial charge in [0.1, 0.15) is 6.04 Å². The smallest absolute Gasteiger partial charge is 0.471 e. The van der Waals surface area contributed by atoms with Crippen molar-refractivity contribution in [2.75, 3.05) is 6.54 Å². The molecule has 0 saturated heterocycles. The van der Waals surface area contributed by atoms with Crippen LogP contribution in [-0.2, 0) is 9.59 Å². The van der Waals surface area contributed by atoms with E-state index >= 15 is 0 Å². The first-order valence-corrected chi connectivity index (χ1v) is 3.40. The van der Waals surface area contributed by atoms with E-state index in [1.165, 1.54) is 0 Å². The number of carbonyl (C=O) groups is 2. The molecule has 0 spiro atoms. The van der Waals surface area contributed by atoms with Crippen LogP contribution in [0.25, 0.3) is 10.4 Å². The van der Waals surface area contributed by atoms with Gasteiger partial charge in [0.15, 0.2) is 0 Å². The Bertz CT molecular complexity index is 309. The Morgan fingerprint density at radius 2 is 2.07 bits per heavy atom. The minimum atomic E-state index is -5.18. The number of hydrogen-bond donors (Lipinski definition) is 2. The third-order valence-corrected chi connectivity index (χ3v) is 1.19. The second-order valence-corrected chi connectivity index (χ2v) is 2.28. The summed E-state index contributed by atoms with van der Waals surface area (Å²) in [6.07, 6.45) is -5.18. The zero-order valence-electron chi connectivity index (χ0n) is 7.02. The van der Waals surface area contributed by atoms with Gasteiger partial charge in [0.05, 0.1) is 6.54 Å². The molecular weight excluding hydrogens is 221 g/mol. The number of carboxylic acids is 1. The van der Waals surface area contributed by atoms with Crippen molar-refractivity contribution in [2.45, 2.75) is 12.2 Å². The number of azide groups is 1. The van der Waals surface area contributed by atoms with Crippen LogP contribution in [-0.4, -0.2) is 35.7 Å². The van der Waals surface area contributed by atoms with Gasteiger partial charge in [-0.05, 0) is 5.53 Å². The van der Waals surface area contributed by atoms with Gasteiger partial charge in [0.25, 0.3) is 0 Å². The van der Waals surface area contributed by atoms with Crippen LogP contribution in [0.4, 0.5) is 13.2 Å². The molecule has 0 aliphatic carbocycles. The Hall–Kier alpha value is -1.96. The van der Waals surface area contributed by atoms with E-state index in [9.17, 15) is 22.8 Å². The first-order valence-electron chi connectivity index (χ1n) is 3.40. The van der Waals surface area contributed by atoms with Crippen LogP contribution in [0.5, 0.6) is 0 Å². The summed E-state index contributed by atoms with van der Waals surface area (Å²) in [5.41, 5.74) is 7.82. The number of amides is 1. The molecule has 0 fully saturated rings. The maximum absolute atomic E-state index is 11.7. The summed E-state index contributed by atoms with van der Waals surface area (Å²) < 4.78 is 35.1. The molecule has 10 heteroatoms. The minimum Gasteiger partial charge on any atom is -0.480 e. The molecule has 0 aromatic rings. The van der Waals surface area contributed by atoms with Gasteiger partial charge in [-0.2, -0.15) is 13.2 Å². The maximum atomic E-state index is 11.7. The van der Waals surface area contributed by atoms with Crippen molar-refractivity contribution >= 4 is 11.9 Å². The van der Waals surface area contributed by atoms with Crippen LogP contribution < -0.4 is 5.32 Å². The van der Waals surface area contributed by atoms with Crippen molar-refractivity contribution in [1.82, 2.24) is 5.32 Å². The molecule has 0 heterocycles. The van der Waals surface area contributed by atoms with Gasteiger partial charge in [-0.25, -0.2) is 4.79 Å². The van der Waals surface area contributed by atoms with Gasteiger partial charge >= 0.3 is 18.1 Å². The van der Waals surface area contributed by atoms with Gasteiger partial charge in [0, 0.05) is 4.91 Å². The van der Waals surface area contributed by atoms with Crippen molar-refractivity contribution in [1.29, 1.82) is 0 Å². The molecule has 84 valence electrons. The number of nitrogens with zero attached hydrogens (tertiary/aromatic N) is 3. The summed E-state index contributed by atoms with van der Waals surface area (Å²) >= 11 is 0. The average molecular weight is 226 g/mol. The summed E-state index contributed by atoms with van der Waals surface area (Å²) in [5, 5.41) is 12.3. The topological polar surface area (TPSA) is 115 Å². The Morgan fingerprint density at radius 1 is 1.53 bits per heavy atom. The number of carboxylic acid groups (broad SMARTS) is 1. The number of aliphatic carboxylic acids is 1. The van der Waals surface area contributed by atoms with E-state index in [-0.39, 0.29) is 0 Å². The molecule has 0 aromatic carbocycles. The molecule has 0 bridgehead atoms. The van der Waals surface area contributed by atoms with Crippen molar-refractivity contribution in [2.24, 2.45) is 5.11 Å². The lowest BCUT2D eigenvalue weighted by Gasteiger charge is -2.13. The van der Waals surface area contributed by atoms with Crippen molar-refractivity contribution < 1.29 is 27.9 Å². The highest BCUT2D eigenvalue weighted by atomic mass is 19.4. The predicted octanol–water partition coefficient (Wildman–Crippen LogP) is 0.428. The van der Waals surface area contributed by atoms with Gasteiger partial charge in [-0.3, -0.25) is 4.79 Å². The van der Waals surface area contributed by atoms with Crippen LogP contribution in [0.15, 0.2) is 5.11 Å². The first kappa shape index (κ1) is 13.0. The third kappa shape index (κ3) is 4.72. The predicted molar refractivity (Wildman–Crippen MR) is 39.6 cm³/mol. The molecule has 0 unspecified atom stereocenters. The van der Waals surface area contributed by atoms with E-state index in [0.717, 1.165) is 5.32 Å². The highest BCUT2D eigenvalue weighted by molar-refractivity contribution is 5.87.